The molecule has 0 unspecified atom stereocenters. The van der Waals surface area contributed by atoms with E-state index >= 15 is 0 Å². The maximum atomic E-state index is 13.6. The first-order valence-corrected chi connectivity index (χ1v) is 14.8. The van der Waals surface area contributed by atoms with Gasteiger partial charge in [-0.05, 0) is 98.8 Å². The lowest BCUT2D eigenvalue weighted by atomic mass is 9.52. The van der Waals surface area contributed by atoms with Gasteiger partial charge in [0.25, 0.3) is 5.91 Å². The van der Waals surface area contributed by atoms with Crippen LogP contribution in [0.15, 0.2) is 17.2 Å². The lowest BCUT2D eigenvalue weighted by molar-refractivity contribution is -0.138. The van der Waals surface area contributed by atoms with Gasteiger partial charge in [0.05, 0.1) is 11.2 Å². The van der Waals surface area contributed by atoms with Crippen molar-refractivity contribution in [3.8, 4) is 0 Å². The summed E-state index contributed by atoms with van der Waals surface area (Å²) in [4.78, 5) is 32.0. The van der Waals surface area contributed by atoms with Crippen LogP contribution in [0.25, 0.3) is 0 Å². The first kappa shape index (κ1) is 25.8. The highest BCUT2D eigenvalue weighted by Gasteiger charge is 2.55. The largest absolute Gasteiger partial charge is 0.481 e. The first-order chi connectivity index (χ1) is 17.2. The molecule has 3 N–H and O–H groups in total. The predicted molar refractivity (Wildman–Crippen MR) is 141 cm³/mol. The molecule has 1 aromatic heterocycles. The topological polar surface area (TPSA) is 103 Å². The van der Waals surface area contributed by atoms with Crippen LogP contribution in [0.4, 0.5) is 5.82 Å². The van der Waals surface area contributed by atoms with Crippen molar-refractivity contribution in [1.29, 1.82) is 0 Å². The summed E-state index contributed by atoms with van der Waals surface area (Å²) >= 11 is 1.65. The van der Waals surface area contributed by atoms with Gasteiger partial charge in [-0.15, -0.1) is 11.8 Å². The molecule has 198 valence electrons. The Hall–Kier alpha value is -1.80. The fourth-order valence-corrected chi connectivity index (χ4v) is 8.67. The summed E-state index contributed by atoms with van der Waals surface area (Å²) < 4.78 is 0. The monoisotopic (exact) mass is 515 g/mol. The number of aliphatic carboxylic acids is 1. The Morgan fingerprint density at radius 1 is 1.22 bits per heavy atom. The molecular weight excluding hydrogens is 474 g/mol. The van der Waals surface area contributed by atoms with Crippen LogP contribution >= 0.6 is 11.8 Å². The highest BCUT2D eigenvalue weighted by molar-refractivity contribution is 7.99. The number of carboxylic acid groups (broad SMARTS) is 1. The second kappa shape index (κ2) is 10.5. The number of nitrogens with one attached hydrogen (secondary N) is 1. The molecule has 0 spiro atoms. The second-order valence-electron chi connectivity index (χ2n) is 12.3. The van der Waals surface area contributed by atoms with Crippen molar-refractivity contribution in [2.45, 2.75) is 88.3 Å². The lowest BCUT2D eigenvalue weighted by Crippen LogP contribution is -2.61. The Bertz CT molecular complexity index is 970. The van der Waals surface area contributed by atoms with Crippen molar-refractivity contribution in [1.82, 2.24) is 10.3 Å². The van der Waals surface area contributed by atoms with E-state index in [2.05, 4.69) is 24.1 Å². The third-order valence-electron chi connectivity index (χ3n) is 8.87. The van der Waals surface area contributed by atoms with Gasteiger partial charge in [0.1, 0.15) is 10.8 Å². The highest BCUT2D eigenvalue weighted by Crippen LogP contribution is 2.55. The molecule has 8 heteroatoms. The molecule has 4 saturated carbocycles. The van der Waals surface area contributed by atoms with Crippen LogP contribution in [0.3, 0.4) is 0 Å². The molecular formula is C28H41N3O4S. The minimum atomic E-state index is -0.747. The zero-order valence-corrected chi connectivity index (χ0v) is 22.4. The summed E-state index contributed by atoms with van der Waals surface area (Å²) in [6.07, 6.45) is 7.91. The van der Waals surface area contributed by atoms with Crippen LogP contribution in [0.2, 0.25) is 0 Å². The molecule has 1 aromatic rings. The number of piperidine rings is 1. The molecule has 5 aliphatic rings. The number of hydrogen-bond donors (Lipinski definition) is 3. The number of pyridine rings is 1. The lowest BCUT2D eigenvalue weighted by Gasteiger charge is -2.58. The van der Waals surface area contributed by atoms with Crippen molar-refractivity contribution in [2.24, 2.45) is 29.6 Å². The average Bonchev–Trinajstić information content (AvgIpc) is 2.79. The molecule has 4 bridgehead atoms. The minimum Gasteiger partial charge on any atom is -0.481 e. The van der Waals surface area contributed by atoms with E-state index in [0.29, 0.717) is 35.8 Å². The molecule has 5 fully saturated rings. The van der Waals surface area contributed by atoms with E-state index in [0.717, 1.165) is 74.5 Å². The van der Waals surface area contributed by atoms with Crippen LogP contribution in [0, 0.1) is 29.6 Å². The Morgan fingerprint density at radius 2 is 1.97 bits per heavy atom. The van der Waals surface area contributed by atoms with Crippen LogP contribution in [-0.4, -0.2) is 57.6 Å². The van der Waals surface area contributed by atoms with Crippen LogP contribution in [-0.2, 0) is 4.79 Å². The normalized spacial score (nSPS) is 33.2. The van der Waals surface area contributed by atoms with Gasteiger partial charge in [-0.25, -0.2) is 4.98 Å². The van der Waals surface area contributed by atoms with Gasteiger partial charge in [0.15, 0.2) is 0 Å². The number of carboxylic acids is 1. The van der Waals surface area contributed by atoms with Gasteiger partial charge >= 0.3 is 5.97 Å². The molecule has 1 saturated heterocycles. The Kier molecular flexibility index (Phi) is 7.55. The van der Waals surface area contributed by atoms with Crippen LogP contribution in [0.1, 0.15) is 82.0 Å². The fraction of sp³-hybridized carbons (Fsp3) is 0.750. The van der Waals surface area contributed by atoms with Crippen molar-refractivity contribution >= 4 is 29.5 Å². The molecule has 7 nitrogen and oxygen atoms in total. The maximum Gasteiger partial charge on any atom is 0.303 e. The summed E-state index contributed by atoms with van der Waals surface area (Å²) in [6.45, 7) is 5.96. The van der Waals surface area contributed by atoms with E-state index < -0.39 is 11.6 Å². The summed E-state index contributed by atoms with van der Waals surface area (Å²) in [5.74, 6) is 3.00. The van der Waals surface area contributed by atoms with Crippen LogP contribution < -0.4 is 10.2 Å². The number of rotatable bonds is 9. The average molecular weight is 516 g/mol. The number of carbonyl (C=O) groups is 2. The molecule has 1 amide bonds. The summed E-state index contributed by atoms with van der Waals surface area (Å²) in [7, 11) is 0. The Balaban J connectivity index is 1.32. The van der Waals surface area contributed by atoms with Gasteiger partial charge in [0, 0.05) is 25.6 Å². The van der Waals surface area contributed by atoms with E-state index in [9.17, 15) is 19.8 Å². The SMILES string of the molecule is CC(C)CCSc1nc(N2CCC[C@@H](CC(=O)O)C2)ccc1C(=O)NC1[C@H]2CC3C[C@H]1CC(O)(C3)C2. The van der Waals surface area contributed by atoms with Gasteiger partial charge in [-0.2, -0.15) is 0 Å². The Morgan fingerprint density at radius 3 is 2.64 bits per heavy atom. The number of thioether (sulfide) groups is 1. The summed E-state index contributed by atoms with van der Waals surface area (Å²) in [6, 6.07) is 3.99. The zero-order valence-electron chi connectivity index (χ0n) is 21.6. The molecule has 1 aliphatic heterocycles. The van der Waals surface area contributed by atoms with Gasteiger partial charge < -0.3 is 20.4 Å². The molecule has 0 aromatic carbocycles. The zero-order chi connectivity index (χ0) is 25.4. The number of aromatic nitrogens is 1. The number of carbonyl (C=O) groups excluding carboxylic acids is 1. The molecule has 36 heavy (non-hydrogen) atoms. The van der Waals surface area contributed by atoms with Crippen molar-refractivity contribution in [3.63, 3.8) is 0 Å². The number of anilines is 1. The first-order valence-electron chi connectivity index (χ1n) is 13.8. The maximum absolute atomic E-state index is 13.6. The fourth-order valence-electron chi connectivity index (χ4n) is 7.41. The predicted octanol–water partition coefficient (Wildman–Crippen LogP) is 4.58. The smallest absolute Gasteiger partial charge is 0.303 e. The van der Waals surface area contributed by atoms with Gasteiger partial charge in [0.2, 0.25) is 0 Å². The quantitative estimate of drug-likeness (QED) is 0.414. The third kappa shape index (κ3) is 5.69. The van der Waals surface area contributed by atoms with Gasteiger partial charge in [-0.1, -0.05) is 13.8 Å². The molecule has 0 radical (unpaired) electrons. The van der Waals surface area contributed by atoms with Crippen molar-refractivity contribution in [2.75, 3.05) is 23.7 Å². The standard InChI is InChI=1S/C28H41N3O4S/c1-17(2)7-9-36-27-22(5-6-23(29-27)31-8-3-4-18(16-31)12-24(32)33)26(34)30-25-20-10-19-11-21(25)15-28(35,13-19)14-20/h5-6,17-21,25,35H,3-4,7-16H2,1-2H3,(H,30,34)(H,32,33)/t18-,19?,20-,21-,25?,28?/m0/s1. The number of amides is 1. The summed E-state index contributed by atoms with van der Waals surface area (Å²) in [5, 5.41) is 24.3. The summed E-state index contributed by atoms with van der Waals surface area (Å²) in [5.41, 5.74) is 0.130. The van der Waals surface area contributed by atoms with Crippen molar-refractivity contribution < 1.29 is 19.8 Å². The number of hydrogen-bond acceptors (Lipinski definition) is 6. The van der Waals surface area contributed by atoms with E-state index in [1.54, 1.807) is 11.8 Å². The molecule has 6 rings (SSSR count). The van der Waals surface area contributed by atoms with E-state index in [1.165, 1.54) is 0 Å². The second-order valence-corrected chi connectivity index (χ2v) is 13.4. The van der Waals surface area contributed by atoms with Crippen LogP contribution in [0.5, 0.6) is 0 Å². The molecule has 3 atom stereocenters. The van der Waals surface area contributed by atoms with Crippen molar-refractivity contribution in [3.05, 3.63) is 17.7 Å². The minimum absolute atomic E-state index is 0.0482. The highest BCUT2D eigenvalue weighted by atomic mass is 32.2. The van der Waals surface area contributed by atoms with E-state index in [1.807, 2.05) is 12.1 Å². The Labute approximate surface area is 218 Å². The number of aliphatic hydroxyl groups is 1. The molecule has 4 aliphatic carbocycles. The van der Waals surface area contributed by atoms with Gasteiger partial charge in [-0.3, -0.25) is 9.59 Å². The third-order valence-corrected chi connectivity index (χ3v) is 9.89. The molecule has 2 heterocycles. The van der Waals surface area contributed by atoms with E-state index in [4.69, 9.17) is 4.98 Å². The van der Waals surface area contributed by atoms with E-state index in [-0.39, 0.29) is 24.3 Å². The number of nitrogens with zero attached hydrogens (tertiary/aromatic N) is 2.